The number of carboxylic acid groups (broad SMARTS) is 1. The highest BCUT2D eigenvalue weighted by atomic mass is 16.4. The molecule has 0 fully saturated rings. The van der Waals surface area contributed by atoms with Crippen LogP contribution in [0.25, 0.3) is 0 Å². The van der Waals surface area contributed by atoms with E-state index in [0.29, 0.717) is 0 Å². The second-order valence-corrected chi connectivity index (χ2v) is 3.04. The molecule has 1 aromatic heterocycles. The van der Waals surface area contributed by atoms with Crippen LogP contribution in [0.2, 0.25) is 0 Å². The number of hydrogen-bond acceptors (Lipinski definition) is 3. The first-order valence-corrected chi connectivity index (χ1v) is 4.01. The number of imidazole rings is 1. The van der Waals surface area contributed by atoms with Gasteiger partial charge < -0.3 is 15.8 Å². The Bertz CT molecular complexity index is 319. The maximum absolute atomic E-state index is 10.5. The fourth-order valence-corrected chi connectivity index (χ4v) is 1.15. The molecule has 0 aromatic carbocycles. The van der Waals surface area contributed by atoms with Gasteiger partial charge in [0.05, 0.1) is 5.69 Å². The van der Waals surface area contributed by atoms with E-state index in [1.54, 1.807) is 0 Å². The van der Waals surface area contributed by atoms with Gasteiger partial charge in [0.1, 0.15) is 11.9 Å². The molecule has 0 bridgehead atoms. The van der Waals surface area contributed by atoms with Gasteiger partial charge in [-0.15, -0.1) is 0 Å². The summed E-state index contributed by atoms with van der Waals surface area (Å²) in [6, 6.07) is -0.874. The van der Waals surface area contributed by atoms with Crippen molar-refractivity contribution in [2.75, 3.05) is 0 Å². The van der Waals surface area contributed by atoms with Gasteiger partial charge in [0.25, 0.3) is 0 Å². The van der Waals surface area contributed by atoms with Crippen molar-refractivity contribution >= 4 is 5.97 Å². The van der Waals surface area contributed by atoms with Crippen LogP contribution in [0.15, 0.2) is 0 Å². The number of rotatable bonds is 3. The molecular weight excluding hydrogens is 170 g/mol. The van der Waals surface area contributed by atoms with Crippen LogP contribution in [0, 0.1) is 13.8 Å². The summed E-state index contributed by atoms with van der Waals surface area (Å²) in [6.07, 6.45) is 0.269. The van der Waals surface area contributed by atoms with Crippen molar-refractivity contribution in [3.8, 4) is 0 Å². The molecule has 0 amide bonds. The van der Waals surface area contributed by atoms with Crippen LogP contribution in [0.4, 0.5) is 0 Å². The lowest BCUT2D eigenvalue weighted by molar-refractivity contribution is -0.138. The fraction of sp³-hybridized carbons (Fsp3) is 0.500. The molecule has 0 unspecified atom stereocenters. The zero-order valence-electron chi connectivity index (χ0n) is 7.66. The average Bonchev–Trinajstić information content (AvgIpc) is 2.30. The van der Waals surface area contributed by atoms with Crippen LogP contribution >= 0.6 is 0 Å². The zero-order chi connectivity index (χ0) is 10.0. The predicted molar refractivity (Wildman–Crippen MR) is 47.4 cm³/mol. The Morgan fingerprint density at radius 3 is 2.69 bits per heavy atom. The van der Waals surface area contributed by atoms with Crippen molar-refractivity contribution in [2.24, 2.45) is 5.73 Å². The predicted octanol–water partition coefficient (Wildman–Crippen LogP) is -0.0191. The Kier molecular flexibility index (Phi) is 2.67. The Hall–Kier alpha value is -1.36. The summed E-state index contributed by atoms with van der Waals surface area (Å²) < 4.78 is 0. The number of carboxylic acids is 1. The van der Waals surface area contributed by atoms with Crippen LogP contribution in [0.5, 0.6) is 0 Å². The van der Waals surface area contributed by atoms with Gasteiger partial charge in [-0.1, -0.05) is 0 Å². The summed E-state index contributed by atoms with van der Waals surface area (Å²) in [6.45, 7) is 3.67. The molecule has 0 aliphatic carbocycles. The monoisotopic (exact) mass is 183 g/mol. The molecule has 0 spiro atoms. The summed E-state index contributed by atoms with van der Waals surface area (Å²) in [5, 5.41) is 8.58. The zero-order valence-corrected chi connectivity index (χ0v) is 7.66. The number of hydrogen-bond donors (Lipinski definition) is 3. The second-order valence-electron chi connectivity index (χ2n) is 3.04. The van der Waals surface area contributed by atoms with Gasteiger partial charge in [0.15, 0.2) is 0 Å². The third kappa shape index (κ3) is 2.29. The largest absolute Gasteiger partial charge is 0.480 e. The van der Waals surface area contributed by atoms with Crippen LogP contribution in [0.1, 0.15) is 17.2 Å². The van der Waals surface area contributed by atoms with Crippen LogP contribution < -0.4 is 5.73 Å². The number of aliphatic carboxylic acids is 1. The Labute approximate surface area is 76.0 Å². The van der Waals surface area contributed by atoms with Gasteiger partial charge in [-0.3, -0.25) is 4.79 Å². The highest BCUT2D eigenvalue weighted by molar-refractivity contribution is 5.73. The topological polar surface area (TPSA) is 92.0 Å². The van der Waals surface area contributed by atoms with Crippen molar-refractivity contribution in [1.29, 1.82) is 0 Å². The van der Waals surface area contributed by atoms with Crippen molar-refractivity contribution in [2.45, 2.75) is 26.3 Å². The third-order valence-corrected chi connectivity index (χ3v) is 1.83. The number of nitrogens with two attached hydrogens (primary N) is 1. The SMILES string of the molecule is Cc1nc(C[C@H](N)C(=O)O)c(C)[nH]1. The second kappa shape index (κ2) is 3.57. The first kappa shape index (κ1) is 9.73. The number of aromatic nitrogens is 2. The number of nitrogens with zero attached hydrogens (tertiary/aromatic N) is 1. The van der Waals surface area contributed by atoms with Gasteiger partial charge in [0.2, 0.25) is 0 Å². The van der Waals surface area contributed by atoms with E-state index >= 15 is 0 Å². The van der Waals surface area contributed by atoms with Crippen LogP contribution in [0.3, 0.4) is 0 Å². The minimum atomic E-state index is -1.000. The molecule has 1 atom stereocenters. The molecule has 5 heteroatoms. The third-order valence-electron chi connectivity index (χ3n) is 1.83. The van der Waals surface area contributed by atoms with Gasteiger partial charge in [0, 0.05) is 12.1 Å². The van der Waals surface area contributed by atoms with Crippen LogP contribution in [-0.4, -0.2) is 27.1 Å². The summed E-state index contributed by atoms with van der Waals surface area (Å²) >= 11 is 0. The molecule has 0 aliphatic rings. The minimum Gasteiger partial charge on any atom is -0.480 e. The Morgan fingerprint density at radius 1 is 1.69 bits per heavy atom. The van der Waals surface area contributed by atoms with Gasteiger partial charge >= 0.3 is 5.97 Å². The molecule has 0 aliphatic heterocycles. The average molecular weight is 183 g/mol. The first-order valence-electron chi connectivity index (χ1n) is 4.01. The normalized spacial score (nSPS) is 12.8. The van der Waals surface area contributed by atoms with Gasteiger partial charge in [-0.05, 0) is 13.8 Å². The number of aryl methyl sites for hydroxylation is 2. The first-order chi connectivity index (χ1) is 6.00. The lowest BCUT2D eigenvalue weighted by atomic mass is 10.1. The van der Waals surface area contributed by atoms with Gasteiger partial charge in [-0.25, -0.2) is 4.98 Å². The molecule has 72 valence electrons. The van der Waals surface area contributed by atoms with Crippen molar-refractivity contribution in [3.05, 3.63) is 17.2 Å². The van der Waals surface area contributed by atoms with E-state index < -0.39 is 12.0 Å². The van der Waals surface area contributed by atoms with E-state index in [0.717, 1.165) is 17.2 Å². The molecule has 0 saturated heterocycles. The quantitative estimate of drug-likeness (QED) is 0.614. The fourth-order valence-electron chi connectivity index (χ4n) is 1.15. The van der Waals surface area contributed by atoms with E-state index in [1.165, 1.54) is 0 Å². The summed E-state index contributed by atoms with van der Waals surface area (Å²) in [5.74, 6) is -0.217. The summed E-state index contributed by atoms with van der Waals surface area (Å²) in [5.41, 5.74) is 6.99. The molecule has 1 rings (SSSR count). The number of aromatic amines is 1. The lowest BCUT2D eigenvalue weighted by Gasteiger charge is -2.03. The summed E-state index contributed by atoms with van der Waals surface area (Å²) in [7, 11) is 0. The van der Waals surface area contributed by atoms with Gasteiger partial charge in [-0.2, -0.15) is 0 Å². The number of H-pyrrole nitrogens is 1. The number of carbonyl (C=O) groups is 1. The molecule has 1 aromatic rings. The van der Waals surface area contributed by atoms with Crippen molar-refractivity contribution in [1.82, 2.24) is 9.97 Å². The lowest BCUT2D eigenvalue weighted by Crippen LogP contribution is -2.32. The van der Waals surface area contributed by atoms with E-state index in [9.17, 15) is 4.79 Å². The van der Waals surface area contributed by atoms with Crippen molar-refractivity contribution in [3.63, 3.8) is 0 Å². The maximum Gasteiger partial charge on any atom is 0.320 e. The molecule has 4 N–H and O–H groups in total. The Balaban J connectivity index is 2.74. The molecule has 0 saturated carbocycles. The molecule has 13 heavy (non-hydrogen) atoms. The molecule has 1 heterocycles. The van der Waals surface area contributed by atoms with E-state index in [-0.39, 0.29) is 6.42 Å². The molecule has 5 nitrogen and oxygen atoms in total. The van der Waals surface area contributed by atoms with E-state index in [2.05, 4.69) is 9.97 Å². The standard InChI is InChI=1S/C8H13N3O2/c1-4-7(11-5(2)10-4)3-6(9)8(12)13/h6H,3,9H2,1-2H3,(H,10,11)(H,12,13)/t6-/m0/s1. The molecular formula is C8H13N3O2. The summed E-state index contributed by atoms with van der Waals surface area (Å²) in [4.78, 5) is 17.6. The van der Waals surface area contributed by atoms with Crippen LogP contribution in [-0.2, 0) is 11.2 Å². The number of nitrogens with one attached hydrogen (secondary N) is 1. The van der Waals surface area contributed by atoms with Crippen molar-refractivity contribution < 1.29 is 9.90 Å². The van der Waals surface area contributed by atoms with E-state index in [1.807, 2.05) is 13.8 Å². The highest BCUT2D eigenvalue weighted by Gasteiger charge is 2.15. The smallest absolute Gasteiger partial charge is 0.320 e. The maximum atomic E-state index is 10.5. The Morgan fingerprint density at radius 2 is 2.31 bits per heavy atom. The highest BCUT2D eigenvalue weighted by Crippen LogP contribution is 2.06. The van der Waals surface area contributed by atoms with E-state index in [4.69, 9.17) is 10.8 Å². The molecule has 0 radical (unpaired) electrons. The minimum absolute atomic E-state index is 0.269.